The molecule has 1 aromatic heterocycles. The molecular formula is C21H25F3N2O4. The molecule has 2 aromatic rings. The summed E-state index contributed by atoms with van der Waals surface area (Å²) >= 11 is 0. The van der Waals surface area contributed by atoms with Crippen molar-refractivity contribution in [2.45, 2.75) is 59.0 Å². The van der Waals surface area contributed by atoms with Gasteiger partial charge < -0.3 is 18.9 Å². The third kappa shape index (κ3) is 4.55. The number of aromatic nitrogens is 1. The Balaban J connectivity index is 2.06. The van der Waals surface area contributed by atoms with E-state index in [4.69, 9.17) is 9.47 Å². The Bertz CT molecular complexity index is 973. The maximum absolute atomic E-state index is 13.3. The topological polar surface area (TPSA) is 60.8 Å². The Labute approximate surface area is 172 Å². The van der Waals surface area contributed by atoms with Crippen LogP contribution in [0.4, 0.5) is 18.0 Å². The summed E-state index contributed by atoms with van der Waals surface area (Å²) in [6.45, 7) is 7.51. The molecule has 0 N–H and O–H groups in total. The van der Waals surface area contributed by atoms with Crippen LogP contribution in [0.5, 0.6) is 0 Å². The molecule has 6 nitrogen and oxygen atoms in total. The monoisotopic (exact) mass is 426 g/mol. The summed E-state index contributed by atoms with van der Waals surface area (Å²) in [6, 6.07) is 3.45. The lowest BCUT2D eigenvalue weighted by Crippen LogP contribution is -2.40. The van der Waals surface area contributed by atoms with Crippen LogP contribution in [0, 0.1) is 0 Å². The van der Waals surface area contributed by atoms with Crippen molar-refractivity contribution in [3.8, 4) is 0 Å². The van der Waals surface area contributed by atoms with Gasteiger partial charge in [-0.1, -0.05) is 0 Å². The van der Waals surface area contributed by atoms with Crippen molar-refractivity contribution in [2.24, 2.45) is 0 Å². The predicted octanol–water partition coefficient (Wildman–Crippen LogP) is 4.52. The van der Waals surface area contributed by atoms with E-state index in [9.17, 15) is 22.8 Å². The van der Waals surface area contributed by atoms with Crippen molar-refractivity contribution >= 4 is 23.0 Å². The normalized spacial score (nSPS) is 14.6. The quantitative estimate of drug-likeness (QED) is 0.678. The van der Waals surface area contributed by atoms with E-state index in [-0.39, 0.29) is 19.7 Å². The molecule has 3 rings (SSSR count). The predicted molar refractivity (Wildman–Crippen MR) is 104 cm³/mol. The van der Waals surface area contributed by atoms with Gasteiger partial charge in [-0.25, -0.2) is 4.79 Å². The van der Waals surface area contributed by atoms with Crippen LogP contribution >= 0.6 is 0 Å². The minimum absolute atomic E-state index is 0.0997. The fourth-order valence-corrected chi connectivity index (χ4v) is 3.62. The van der Waals surface area contributed by atoms with Crippen LogP contribution in [0.2, 0.25) is 0 Å². The average molecular weight is 426 g/mol. The molecule has 0 fully saturated rings. The third-order valence-electron chi connectivity index (χ3n) is 4.83. The molecule has 0 unspecified atom stereocenters. The molecule has 1 amide bonds. The molecular weight excluding hydrogens is 401 g/mol. The number of carbonyl (C=O) groups excluding carboxylic acids is 2. The number of nitrogens with zero attached hydrogens (tertiary/aromatic N) is 2. The van der Waals surface area contributed by atoms with Crippen LogP contribution in [0.3, 0.4) is 0 Å². The van der Waals surface area contributed by atoms with Gasteiger partial charge in [0.05, 0.1) is 18.7 Å². The largest absolute Gasteiger partial charge is 0.465 e. The molecule has 164 valence electrons. The first kappa shape index (κ1) is 22.0. The minimum Gasteiger partial charge on any atom is -0.465 e. The molecule has 0 bridgehead atoms. The Hall–Kier alpha value is -2.71. The molecule has 0 saturated heterocycles. The van der Waals surface area contributed by atoms with Gasteiger partial charge in [0, 0.05) is 35.1 Å². The number of esters is 1. The number of carbonyl (C=O) groups is 2. The summed E-state index contributed by atoms with van der Waals surface area (Å²) < 4.78 is 52.0. The smallest absolute Gasteiger partial charge is 0.416 e. The highest BCUT2D eigenvalue weighted by Crippen LogP contribution is 2.36. The van der Waals surface area contributed by atoms with Crippen LogP contribution in [-0.2, 0) is 40.0 Å². The van der Waals surface area contributed by atoms with Gasteiger partial charge in [0.1, 0.15) is 12.1 Å². The van der Waals surface area contributed by atoms with E-state index in [2.05, 4.69) is 0 Å². The van der Waals surface area contributed by atoms with Gasteiger partial charge in [0.2, 0.25) is 0 Å². The lowest BCUT2D eigenvalue weighted by molar-refractivity contribution is -0.143. The van der Waals surface area contributed by atoms with Gasteiger partial charge >= 0.3 is 18.2 Å². The third-order valence-corrected chi connectivity index (χ3v) is 4.83. The first-order chi connectivity index (χ1) is 13.9. The summed E-state index contributed by atoms with van der Waals surface area (Å²) in [5.41, 5.74) is 0.376. The summed E-state index contributed by atoms with van der Waals surface area (Å²) in [7, 11) is 0. The zero-order valence-electron chi connectivity index (χ0n) is 17.4. The van der Waals surface area contributed by atoms with Crippen molar-refractivity contribution in [2.75, 3.05) is 13.2 Å². The Morgan fingerprint density at radius 1 is 1.17 bits per heavy atom. The SMILES string of the molecule is CCOC(=O)Cn1c2c(c3cc(C(F)(F)F)ccc31)CN(C(=O)OC(C)(C)C)CC2. The number of fused-ring (bicyclic) bond motifs is 3. The second-order valence-corrected chi connectivity index (χ2v) is 8.20. The molecule has 9 heteroatoms. The number of rotatable bonds is 3. The number of hydrogen-bond acceptors (Lipinski definition) is 4. The molecule has 0 spiro atoms. The van der Waals surface area contributed by atoms with Crippen LogP contribution in [0.15, 0.2) is 18.2 Å². The Kier molecular flexibility index (Phi) is 5.75. The van der Waals surface area contributed by atoms with Crippen LogP contribution in [0.25, 0.3) is 10.9 Å². The Morgan fingerprint density at radius 3 is 2.47 bits per heavy atom. The van der Waals surface area contributed by atoms with Gasteiger partial charge in [-0.3, -0.25) is 4.79 Å². The number of hydrogen-bond donors (Lipinski definition) is 0. The molecule has 0 atom stereocenters. The highest BCUT2D eigenvalue weighted by atomic mass is 19.4. The number of amides is 1. The number of ether oxygens (including phenoxy) is 2. The molecule has 1 aromatic carbocycles. The van der Waals surface area contributed by atoms with E-state index < -0.39 is 29.4 Å². The molecule has 0 aliphatic carbocycles. The molecule has 2 heterocycles. The first-order valence-electron chi connectivity index (χ1n) is 9.75. The fraction of sp³-hybridized carbons (Fsp3) is 0.524. The number of benzene rings is 1. The highest BCUT2D eigenvalue weighted by molar-refractivity contribution is 5.88. The molecule has 1 aliphatic rings. The standard InChI is InChI=1S/C21H25F3N2O4/c1-5-29-18(27)12-26-16-7-6-13(21(22,23)24)10-14(16)15-11-25(9-8-17(15)26)19(28)30-20(2,3)4/h6-7,10H,5,8-9,11-12H2,1-4H3. The minimum atomic E-state index is -4.50. The zero-order chi connectivity index (χ0) is 22.3. The summed E-state index contributed by atoms with van der Waals surface area (Å²) in [4.78, 5) is 26.1. The first-order valence-corrected chi connectivity index (χ1v) is 9.75. The van der Waals surface area contributed by atoms with Gasteiger partial charge in [0.15, 0.2) is 0 Å². The number of halogens is 3. The van der Waals surface area contributed by atoms with Crippen molar-refractivity contribution in [1.29, 1.82) is 0 Å². The van der Waals surface area contributed by atoms with Crippen molar-refractivity contribution in [3.63, 3.8) is 0 Å². The maximum atomic E-state index is 13.3. The lowest BCUT2D eigenvalue weighted by Gasteiger charge is -2.30. The van der Waals surface area contributed by atoms with Crippen LogP contribution < -0.4 is 0 Å². The van der Waals surface area contributed by atoms with E-state index in [0.717, 1.165) is 17.8 Å². The van der Waals surface area contributed by atoms with Crippen molar-refractivity contribution < 1.29 is 32.2 Å². The summed E-state index contributed by atoms with van der Waals surface area (Å²) in [5, 5.41) is 0.373. The van der Waals surface area contributed by atoms with Crippen molar-refractivity contribution in [3.05, 3.63) is 35.0 Å². The zero-order valence-corrected chi connectivity index (χ0v) is 17.4. The summed E-state index contributed by atoms with van der Waals surface area (Å²) in [5.74, 6) is -0.466. The van der Waals surface area contributed by atoms with E-state index >= 15 is 0 Å². The van der Waals surface area contributed by atoms with Crippen LogP contribution in [-0.4, -0.2) is 40.3 Å². The van der Waals surface area contributed by atoms with Crippen LogP contribution in [0.1, 0.15) is 44.5 Å². The highest BCUT2D eigenvalue weighted by Gasteiger charge is 2.34. The van der Waals surface area contributed by atoms with E-state index in [0.29, 0.717) is 29.4 Å². The summed E-state index contributed by atoms with van der Waals surface area (Å²) in [6.07, 6.45) is -4.63. The fourth-order valence-electron chi connectivity index (χ4n) is 3.62. The average Bonchev–Trinajstić information content (AvgIpc) is 2.92. The second kappa shape index (κ2) is 7.85. The van der Waals surface area contributed by atoms with Gasteiger partial charge in [-0.05, 0) is 45.9 Å². The molecule has 0 radical (unpaired) electrons. The van der Waals surface area contributed by atoms with E-state index in [1.807, 2.05) is 0 Å². The van der Waals surface area contributed by atoms with Crippen molar-refractivity contribution in [1.82, 2.24) is 9.47 Å². The molecule has 0 saturated carbocycles. The Morgan fingerprint density at radius 2 is 1.87 bits per heavy atom. The van der Waals surface area contributed by atoms with E-state index in [1.165, 1.54) is 11.0 Å². The number of alkyl halides is 3. The molecule has 30 heavy (non-hydrogen) atoms. The van der Waals surface area contributed by atoms with Gasteiger partial charge in [-0.15, -0.1) is 0 Å². The lowest BCUT2D eigenvalue weighted by atomic mass is 10.0. The second-order valence-electron chi connectivity index (χ2n) is 8.20. The van der Waals surface area contributed by atoms with Gasteiger partial charge in [0.25, 0.3) is 0 Å². The van der Waals surface area contributed by atoms with E-state index in [1.54, 1.807) is 32.3 Å². The molecule has 1 aliphatic heterocycles. The maximum Gasteiger partial charge on any atom is 0.416 e. The van der Waals surface area contributed by atoms with Gasteiger partial charge in [-0.2, -0.15) is 13.2 Å².